The standard InChI is InChI=1S/C26H32F3N3O4.C14H22N2O3/c1-6-35-22-14-34-13-21(22)31(5)24-19(8-16(3)11-30-24)12-32-17(4)23(36-25(32)33)18-7-15(2)9-20(10-18)26(27,28)29;1-4-19-13-9-18-8-12(13)16(3)14-11(7-17)5-10(2)6-15-14/h7-11,17,21-23H,6,12-14H2,1-5H3;5-6,12-13,17H,4,7-9H2,1-3H3/t17-,21+,22-,23-;12?,13-/m00/s1. The molecule has 0 saturated carbocycles. The van der Waals surface area contributed by atoms with Crippen molar-refractivity contribution in [3.05, 3.63) is 81.7 Å². The van der Waals surface area contributed by atoms with E-state index in [1.165, 1.54) is 0 Å². The Hall–Kier alpha value is -4.02. The lowest BCUT2D eigenvalue weighted by molar-refractivity contribution is -0.137. The fraction of sp³-hybridized carbons (Fsp3) is 0.575. The molecule has 0 radical (unpaired) electrons. The minimum Gasteiger partial charge on any atom is -0.439 e. The zero-order chi connectivity index (χ0) is 40.0. The number of aromatic nitrogens is 2. The Balaban J connectivity index is 0.000000256. The summed E-state index contributed by atoms with van der Waals surface area (Å²) in [6, 6.07) is 7.33. The van der Waals surface area contributed by atoms with Gasteiger partial charge in [0, 0.05) is 50.8 Å². The van der Waals surface area contributed by atoms with E-state index in [0.29, 0.717) is 56.6 Å². The topological polar surface area (TPSA) is 119 Å². The number of hydrogen-bond acceptors (Lipinski definition) is 11. The quantitative estimate of drug-likeness (QED) is 0.228. The number of carbonyl (C=O) groups excluding carboxylic acids is 1. The number of cyclic esters (lactones) is 1. The molecule has 1 unspecified atom stereocenters. The number of hydrogen-bond donors (Lipinski definition) is 1. The molecule has 1 aromatic carbocycles. The fourth-order valence-electron chi connectivity index (χ4n) is 7.43. The second-order valence-electron chi connectivity index (χ2n) is 14.4. The third-order valence-electron chi connectivity index (χ3n) is 10.2. The van der Waals surface area contributed by atoms with E-state index in [4.69, 9.17) is 23.7 Å². The lowest BCUT2D eigenvalue weighted by atomic mass is 9.98. The smallest absolute Gasteiger partial charge is 0.416 e. The van der Waals surface area contributed by atoms with Gasteiger partial charge in [0.25, 0.3) is 0 Å². The molecule has 6 rings (SSSR count). The summed E-state index contributed by atoms with van der Waals surface area (Å²) in [7, 11) is 3.90. The molecule has 302 valence electrons. The molecular formula is C40H54F3N5O7. The number of anilines is 2. The first kappa shape index (κ1) is 42.1. The Kier molecular flexibility index (Phi) is 14.0. The monoisotopic (exact) mass is 773 g/mol. The van der Waals surface area contributed by atoms with Gasteiger partial charge in [-0.25, -0.2) is 14.8 Å². The number of ether oxygens (including phenoxy) is 5. The minimum absolute atomic E-state index is 0.0127. The molecule has 2 aromatic heterocycles. The predicted octanol–water partition coefficient (Wildman–Crippen LogP) is 6.16. The number of aliphatic hydroxyl groups excluding tert-OH is 1. The van der Waals surface area contributed by atoms with Crippen molar-refractivity contribution in [2.24, 2.45) is 0 Å². The molecular weight excluding hydrogens is 719 g/mol. The van der Waals surface area contributed by atoms with Crippen LogP contribution in [0.15, 0.2) is 42.7 Å². The molecule has 1 amide bonds. The molecule has 0 bridgehead atoms. The van der Waals surface area contributed by atoms with Crippen LogP contribution in [0.5, 0.6) is 0 Å². The van der Waals surface area contributed by atoms with Gasteiger partial charge >= 0.3 is 12.3 Å². The van der Waals surface area contributed by atoms with E-state index in [1.54, 1.807) is 31.0 Å². The highest BCUT2D eigenvalue weighted by Crippen LogP contribution is 2.38. The molecule has 3 aliphatic heterocycles. The SMILES string of the molecule is CCO[C@H]1COCC1N(C)c1ncc(C)cc1CO.CCO[C@H]1COC[C@H]1N(C)c1ncc(C)cc1CN1C(=O)O[C@H](c2cc(C)cc(C(F)(F)F)c2)[C@@H]1C. The number of aryl methyl sites for hydroxylation is 3. The molecule has 5 heterocycles. The summed E-state index contributed by atoms with van der Waals surface area (Å²) in [6.07, 6.45) is -2.33. The van der Waals surface area contributed by atoms with Crippen LogP contribution in [-0.2, 0) is 43.0 Å². The van der Waals surface area contributed by atoms with Crippen molar-refractivity contribution >= 4 is 17.7 Å². The van der Waals surface area contributed by atoms with Crippen molar-refractivity contribution in [1.29, 1.82) is 0 Å². The van der Waals surface area contributed by atoms with Crippen LogP contribution in [0.1, 0.15) is 65.8 Å². The largest absolute Gasteiger partial charge is 0.439 e. The summed E-state index contributed by atoms with van der Waals surface area (Å²) in [4.78, 5) is 27.6. The average Bonchev–Trinajstić information content (AvgIpc) is 3.88. The highest BCUT2D eigenvalue weighted by Gasteiger charge is 2.42. The van der Waals surface area contributed by atoms with E-state index in [0.717, 1.165) is 40.2 Å². The molecule has 15 heteroatoms. The Morgan fingerprint density at radius 3 is 1.85 bits per heavy atom. The molecule has 12 nitrogen and oxygen atoms in total. The van der Waals surface area contributed by atoms with Gasteiger partial charge in [-0.3, -0.25) is 4.90 Å². The number of nitrogens with zero attached hydrogens (tertiary/aromatic N) is 5. The molecule has 0 spiro atoms. The molecule has 0 aliphatic carbocycles. The van der Waals surface area contributed by atoms with Crippen LogP contribution >= 0.6 is 0 Å². The average molecular weight is 774 g/mol. The molecule has 6 atom stereocenters. The Morgan fingerprint density at radius 2 is 1.35 bits per heavy atom. The third-order valence-corrected chi connectivity index (χ3v) is 10.2. The van der Waals surface area contributed by atoms with Gasteiger partial charge < -0.3 is 38.6 Å². The summed E-state index contributed by atoms with van der Waals surface area (Å²) >= 11 is 0. The number of amides is 1. The summed E-state index contributed by atoms with van der Waals surface area (Å²) in [6.45, 7) is 14.9. The van der Waals surface area contributed by atoms with E-state index in [9.17, 15) is 23.1 Å². The van der Waals surface area contributed by atoms with Crippen LogP contribution in [0.3, 0.4) is 0 Å². The van der Waals surface area contributed by atoms with Crippen molar-refractivity contribution in [2.75, 3.05) is 63.5 Å². The number of pyridine rings is 2. The summed E-state index contributed by atoms with van der Waals surface area (Å²) in [5, 5.41) is 9.47. The minimum atomic E-state index is -4.48. The van der Waals surface area contributed by atoms with Crippen molar-refractivity contribution in [3.8, 4) is 0 Å². The van der Waals surface area contributed by atoms with Gasteiger partial charge in [0.05, 0.1) is 63.3 Å². The zero-order valence-electron chi connectivity index (χ0n) is 32.9. The van der Waals surface area contributed by atoms with E-state index in [1.807, 2.05) is 65.0 Å². The van der Waals surface area contributed by atoms with E-state index < -0.39 is 30.0 Å². The van der Waals surface area contributed by atoms with Crippen molar-refractivity contribution in [2.45, 2.75) is 97.3 Å². The lowest BCUT2D eigenvalue weighted by Crippen LogP contribution is -2.43. The van der Waals surface area contributed by atoms with E-state index >= 15 is 0 Å². The lowest BCUT2D eigenvalue weighted by Gasteiger charge is -2.31. The Bertz CT molecular complexity index is 1760. The molecule has 3 saturated heterocycles. The van der Waals surface area contributed by atoms with Crippen molar-refractivity contribution in [3.63, 3.8) is 0 Å². The first-order valence-electron chi connectivity index (χ1n) is 18.7. The second-order valence-corrected chi connectivity index (χ2v) is 14.4. The number of halogens is 3. The number of likely N-dealkylation sites (N-methyl/N-ethyl adjacent to an activating group) is 2. The highest BCUT2D eigenvalue weighted by molar-refractivity contribution is 5.71. The van der Waals surface area contributed by atoms with Crippen LogP contribution in [-0.4, -0.2) is 110 Å². The van der Waals surface area contributed by atoms with Gasteiger partial charge in [-0.2, -0.15) is 13.2 Å². The second kappa shape index (κ2) is 18.3. The van der Waals surface area contributed by atoms with Gasteiger partial charge in [0.15, 0.2) is 0 Å². The Labute approximate surface area is 321 Å². The first-order chi connectivity index (χ1) is 26.2. The number of aliphatic hydroxyl groups is 1. The maximum absolute atomic E-state index is 13.4. The van der Waals surface area contributed by atoms with Gasteiger partial charge in [-0.15, -0.1) is 0 Å². The maximum atomic E-state index is 13.4. The van der Waals surface area contributed by atoms with Crippen molar-refractivity contribution in [1.82, 2.24) is 14.9 Å². The van der Waals surface area contributed by atoms with E-state index in [2.05, 4.69) is 14.9 Å². The van der Waals surface area contributed by atoms with Gasteiger partial charge in [-0.1, -0.05) is 11.6 Å². The van der Waals surface area contributed by atoms with Crippen LogP contribution in [0.2, 0.25) is 0 Å². The summed E-state index contributed by atoms with van der Waals surface area (Å²) < 4.78 is 68.4. The van der Waals surface area contributed by atoms with Crippen LogP contribution < -0.4 is 9.80 Å². The van der Waals surface area contributed by atoms with Gasteiger partial charge in [0.1, 0.15) is 29.9 Å². The fourth-order valence-corrected chi connectivity index (χ4v) is 7.43. The van der Waals surface area contributed by atoms with Crippen molar-refractivity contribution < 1.29 is 46.8 Å². The number of benzene rings is 1. The highest BCUT2D eigenvalue weighted by atomic mass is 19.4. The first-order valence-corrected chi connectivity index (χ1v) is 18.7. The van der Waals surface area contributed by atoms with Gasteiger partial charge in [-0.05, 0) is 82.5 Å². The third kappa shape index (κ3) is 9.87. The molecule has 3 aliphatic rings. The molecule has 55 heavy (non-hydrogen) atoms. The number of carbonyl (C=O) groups is 1. The predicted molar refractivity (Wildman–Crippen MR) is 201 cm³/mol. The Morgan fingerprint density at radius 1 is 0.818 bits per heavy atom. The molecule has 3 fully saturated rings. The number of rotatable bonds is 12. The van der Waals surface area contributed by atoms with Crippen LogP contribution in [0.25, 0.3) is 0 Å². The molecule has 1 N–H and O–H groups in total. The number of alkyl halides is 3. The zero-order valence-corrected chi connectivity index (χ0v) is 32.9. The summed E-state index contributed by atoms with van der Waals surface area (Å²) in [5.41, 5.74) is 3.65. The summed E-state index contributed by atoms with van der Waals surface area (Å²) in [5.74, 6) is 1.49. The van der Waals surface area contributed by atoms with Crippen LogP contribution in [0, 0.1) is 20.8 Å². The maximum Gasteiger partial charge on any atom is 0.416 e. The molecule has 3 aromatic rings. The normalized spacial score (nSPS) is 23.8. The van der Waals surface area contributed by atoms with Crippen LogP contribution in [0.4, 0.5) is 29.6 Å². The van der Waals surface area contributed by atoms with Gasteiger partial charge in [0.2, 0.25) is 0 Å². The van der Waals surface area contributed by atoms with E-state index in [-0.39, 0.29) is 37.4 Å².